The maximum absolute atomic E-state index is 12.7. The highest BCUT2D eigenvalue weighted by atomic mass is 32.2. The number of rotatable bonds is 8. The molecule has 0 aliphatic carbocycles. The van der Waals surface area contributed by atoms with Crippen LogP contribution < -0.4 is 14.8 Å². The first-order valence-corrected chi connectivity index (χ1v) is 11.8. The molecule has 1 amide bonds. The number of ether oxygens (including phenoxy) is 2. The van der Waals surface area contributed by atoms with E-state index in [0.29, 0.717) is 56.2 Å². The van der Waals surface area contributed by atoms with Gasteiger partial charge in [0.25, 0.3) is 5.91 Å². The molecule has 0 radical (unpaired) electrons. The first kappa shape index (κ1) is 22.0. The average Bonchev–Trinajstić information content (AvgIpc) is 2.73. The van der Waals surface area contributed by atoms with E-state index in [1.54, 1.807) is 30.6 Å². The second-order valence-corrected chi connectivity index (χ2v) is 9.14. The Hall–Kier alpha value is -2.65. The number of sulfonamides is 1. The van der Waals surface area contributed by atoms with Crippen LogP contribution in [0.5, 0.6) is 11.5 Å². The van der Waals surface area contributed by atoms with Crippen molar-refractivity contribution in [3.05, 3.63) is 53.9 Å². The molecule has 2 aromatic rings. The predicted octanol–water partition coefficient (Wildman–Crippen LogP) is 2.21. The molecule has 3 rings (SSSR count). The molecule has 1 aliphatic rings. The fraction of sp³-hybridized carbons (Fsp3) is 0.429. The summed E-state index contributed by atoms with van der Waals surface area (Å²) in [6, 6.07) is 8.79. The zero-order chi connectivity index (χ0) is 21.6. The van der Waals surface area contributed by atoms with Gasteiger partial charge >= 0.3 is 0 Å². The van der Waals surface area contributed by atoms with E-state index in [0.717, 1.165) is 5.56 Å². The Morgan fingerprint density at radius 1 is 1.20 bits per heavy atom. The van der Waals surface area contributed by atoms with Gasteiger partial charge in [-0.2, -0.15) is 0 Å². The first-order chi connectivity index (χ1) is 14.4. The van der Waals surface area contributed by atoms with Crippen LogP contribution in [-0.2, 0) is 16.6 Å². The van der Waals surface area contributed by atoms with Crippen LogP contribution in [-0.4, -0.2) is 55.6 Å². The molecule has 0 saturated carbocycles. The number of pyridine rings is 1. The highest BCUT2D eigenvalue weighted by Crippen LogP contribution is 2.29. The van der Waals surface area contributed by atoms with E-state index in [4.69, 9.17) is 9.47 Å². The Bertz CT molecular complexity index is 958. The summed E-state index contributed by atoms with van der Waals surface area (Å²) in [4.78, 5) is 16.8. The van der Waals surface area contributed by atoms with E-state index in [2.05, 4.69) is 10.3 Å². The summed E-state index contributed by atoms with van der Waals surface area (Å²) >= 11 is 0. The van der Waals surface area contributed by atoms with Crippen LogP contribution in [0.4, 0.5) is 0 Å². The van der Waals surface area contributed by atoms with E-state index in [9.17, 15) is 13.2 Å². The van der Waals surface area contributed by atoms with Gasteiger partial charge in [-0.3, -0.25) is 9.78 Å². The van der Waals surface area contributed by atoms with Gasteiger partial charge in [-0.1, -0.05) is 6.07 Å². The summed E-state index contributed by atoms with van der Waals surface area (Å²) in [6.45, 7) is 3.48. The molecule has 1 saturated heterocycles. The molecule has 162 valence electrons. The Morgan fingerprint density at radius 3 is 2.60 bits per heavy atom. The normalized spacial score (nSPS) is 15.5. The molecule has 1 aromatic carbocycles. The van der Waals surface area contributed by atoms with Gasteiger partial charge in [-0.15, -0.1) is 0 Å². The standard InChI is InChI=1S/C21H27N3O5S/c1-3-28-20-13-17(6-7-19(20)29-15-16-5-4-10-22-14-16)21(25)23-18-8-11-24(12-9-18)30(2,26)27/h4-7,10,13-14,18H,3,8-9,11-12,15H2,1-2H3,(H,23,25). The number of hydrogen-bond acceptors (Lipinski definition) is 6. The van der Waals surface area contributed by atoms with Gasteiger partial charge in [-0.25, -0.2) is 12.7 Å². The summed E-state index contributed by atoms with van der Waals surface area (Å²) in [7, 11) is -3.19. The summed E-state index contributed by atoms with van der Waals surface area (Å²) in [5, 5.41) is 2.99. The van der Waals surface area contributed by atoms with Gasteiger partial charge in [0, 0.05) is 42.7 Å². The molecule has 8 nitrogen and oxygen atoms in total. The monoisotopic (exact) mass is 433 g/mol. The van der Waals surface area contributed by atoms with Crippen LogP contribution in [0, 0.1) is 0 Å². The van der Waals surface area contributed by atoms with Crippen LogP contribution in [0.15, 0.2) is 42.7 Å². The summed E-state index contributed by atoms with van der Waals surface area (Å²) in [5.41, 5.74) is 1.40. The number of hydrogen-bond donors (Lipinski definition) is 1. The van der Waals surface area contributed by atoms with E-state index in [1.807, 2.05) is 19.1 Å². The van der Waals surface area contributed by atoms with Crippen molar-refractivity contribution in [3.63, 3.8) is 0 Å². The number of nitrogens with zero attached hydrogens (tertiary/aromatic N) is 2. The number of nitrogens with one attached hydrogen (secondary N) is 1. The van der Waals surface area contributed by atoms with Crippen molar-refractivity contribution < 1.29 is 22.7 Å². The third kappa shape index (κ3) is 5.93. The lowest BCUT2D eigenvalue weighted by molar-refractivity contribution is 0.0923. The molecule has 0 bridgehead atoms. The highest BCUT2D eigenvalue weighted by molar-refractivity contribution is 7.88. The van der Waals surface area contributed by atoms with Crippen molar-refractivity contribution in [1.82, 2.24) is 14.6 Å². The molecule has 30 heavy (non-hydrogen) atoms. The number of piperidine rings is 1. The van der Waals surface area contributed by atoms with Gasteiger partial charge in [-0.05, 0) is 44.0 Å². The quantitative estimate of drug-likeness (QED) is 0.686. The molecular weight excluding hydrogens is 406 g/mol. The zero-order valence-corrected chi connectivity index (χ0v) is 18.0. The van der Waals surface area contributed by atoms with Crippen LogP contribution in [0.25, 0.3) is 0 Å². The second kappa shape index (κ2) is 9.90. The van der Waals surface area contributed by atoms with Gasteiger partial charge in [0.15, 0.2) is 11.5 Å². The van der Waals surface area contributed by atoms with E-state index < -0.39 is 10.0 Å². The molecule has 1 N–H and O–H groups in total. The first-order valence-electron chi connectivity index (χ1n) is 9.91. The molecule has 0 spiro atoms. The highest BCUT2D eigenvalue weighted by Gasteiger charge is 2.26. The molecular formula is C21H27N3O5S. The maximum atomic E-state index is 12.7. The van der Waals surface area contributed by atoms with Crippen molar-refractivity contribution in [2.24, 2.45) is 0 Å². The van der Waals surface area contributed by atoms with Crippen LogP contribution in [0.3, 0.4) is 0 Å². The Morgan fingerprint density at radius 2 is 1.97 bits per heavy atom. The molecule has 1 aliphatic heterocycles. The lowest BCUT2D eigenvalue weighted by atomic mass is 10.1. The second-order valence-electron chi connectivity index (χ2n) is 7.15. The maximum Gasteiger partial charge on any atom is 0.251 e. The van der Waals surface area contributed by atoms with Gasteiger partial charge in [0.1, 0.15) is 6.61 Å². The number of benzene rings is 1. The topological polar surface area (TPSA) is 97.8 Å². The third-order valence-corrected chi connectivity index (χ3v) is 6.18. The number of carbonyl (C=O) groups is 1. The minimum absolute atomic E-state index is 0.0625. The van der Waals surface area contributed by atoms with Crippen LogP contribution in [0.2, 0.25) is 0 Å². The van der Waals surface area contributed by atoms with Crippen LogP contribution >= 0.6 is 0 Å². The number of amides is 1. The van der Waals surface area contributed by atoms with Crippen LogP contribution in [0.1, 0.15) is 35.7 Å². The van der Waals surface area contributed by atoms with Gasteiger partial charge in [0.05, 0.1) is 12.9 Å². The van der Waals surface area contributed by atoms with Crippen molar-refractivity contribution in [2.75, 3.05) is 26.0 Å². The largest absolute Gasteiger partial charge is 0.490 e. The fourth-order valence-electron chi connectivity index (χ4n) is 3.28. The molecule has 0 unspecified atom stereocenters. The summed E-state index contributed by atoms with van der Waals surface area (Å²) in [5.74, 6) is 0.840. The fourth-order valence-corrected chi connectivity index (χ4v) is 4.16. The molecule has 9 heteroatoms. The molecule has 0 atom stereocenters. The number of aromatic nitrogens is 1. The SMILES string of the molecule is CCOc1cc(C(=O)NC2CCN(S(C)(=O)=O)CC2)ccc1OCc1cccnc1. The smallest absolute Gasteiger partial charge is 0.251 e. The average molecular weight is 434 g/mol. The number of carbonyl (C=O) groups excluding carboxylic acids is 1. The summed E-state index contributed by atoms with van der Waals surface area (Å²) in [6.07, 6.45) is 5.82. The van der Waals surface area contributed by atoms with Crippen molar-refractivity contribution in [2.45, 2.75) is 32.4 Å². The Balaban J connectivity index is 1.62. The Labute approximate surface area is 177 Å². The minimum Gasteiger partial charge on any atom is -0.490 e. The lowest BCUT2D eigenvalue weighted by Crippen LogP contribution is -2.46. The van der Waals surface area contributed by atoms with Crippen molar-refractivity contribution in [3.8, 4) is 11.5 Å². The lowest BCUT2D eigenvalue weighted by Gasteiger charge is -2.30. The summed E-state index contributed by atoms with van der Waals surface area (Å²) < 4.78 is 36.2. The van der Waals surface area contributed by atoms with Gasteiger partial charge < -0.3 is 14.8 Å². The van der Waals surface area contributed by atoms with E-state index in [-0.39, 0.29) is 11.9 Å². The zero-order valence-electron chi connectivity index (χ0n) is 17.2. The minimum atomic E-state index is -3.19. The molecule has 2 heterocycles. The van der Waals surface area contributed by atoms with E-state index in [1.165, 1.54) is 10.6 Å². The van der Waals surface area contributed by atoms with Gasteiger partial charge in [0.2, 0.25) is 10.0 Å². The predicted molar refractivity (Wildman–Crippen MR) is 113 cm³/mol. The van der Waals surface area contributed by atoms with Crippen molar-refractivity contribution >= 4 is 15.9 Å². The molecule has 1 fully saturated rings. The Kier molecular flexibility index (Phi) is 7.28. The van der Waals surface area contributed by atoms with Crippen molar-refractivity contribution in [1.29, 1.82) is 0 Å². The third-order valence-electron chi connectivity index (χ3n) is 4.88. The molecule has 1 aromatic heterocycles. The van der Waals surface area contributed by atoms with E-state index >= 15 is 0 Å².